The van der Waals surface area contributed by atoms with E-state index in [1.54, 1.807) is 0 Å². The van der Waals surface area contributed by atoms with Crippen molar-refractivity contribution >= 4 is 0 Å². The third-order valence-electron chi connectivity index (χ3n) is 3.25. The van der Waals surface area contributed by atoms with Crippen molar-refractivity contribution in [1.82, 2.24) is 10.2 Å². The minimum absolute atomic E-state index is 0.741. The van der Waals surface area contributed by atoms with Crippen LogP contribution < -0.4 is 5.32 Å². The van der Waals surface area contributed by atoms with Crippen LogP contribution in [-0.2, 0) is 0 Å². The van der Waals surface area contributed by atoms with Gasteiger partial charge in [-0.15, -0.1) is 0 Å². The van der Waals surface area contributed by atoms with Crippen molar-refractivity contribution in [1.29, 1.82) is 0 Å². The Morgan fingerprint density at radius 1 is 1.21 bits per heavy atom. The van der Waals surface area contributed by atoms with Gasteiger partial charge in [-0.2, -0.15) is 0 Å². The van der Waals surface area contributed by atoms with E-state index in [4.69, 9.17) is 0 Å². The van der Waals surface area contributed by atoms with Crippen LogP contribution in [0.3, 0.4) is 0 Å². The van der Waals surface area contributed by atoms with Crippen LogP contribution in [0.5, 0.6) is 0 Å². The number of nitrogens with one attached hydrogen (secondary N) is 1. The molecule has 0 aromatic rings. The first-order valence-electron chi connectivity index (χ1n) is 6.25. The molecule has 0 aromatic carbocycles. The predicted molar refractivity (Wildman–Crippen MR) is 62.6 cm³/mol. The molecule has 2 atom stereocenters. The van der Waals surface area contributed by atoms with Crippen molar-refractivity contribution in [3.8, 4) is 0 Å². The average molecular weight is 198 g/mol. The van der Waals surface area contributed by atoms with Gasteiger partial charge in [-0.3, -0.25) is 0 Å². The molecule has 2 nitrogen and oxygen atoms in total. The van der Waals surface area contributed by atoms with E-state index >= 15 is 0 Å². The molecule has 2 heteroatoms. The molecule has 1 rings (SSSR count). The average Bonchev–Trinajstić information content (AvgIpc) is 2.18. The molecule has 1 N–H and O–H groups in total. The topological polar surface area (TPSA) is 15.3 Å². The smallest absolute Gasteiger partial charge is 0.0198 e. The van der Waals surface area contributed by atoms with Crippen molar-refractivity contribution in [2.45, 2.75) is 46.1 Å². The van der Waals surface area contributed by atoms with Crippen molar-refractivity contribution in [2.75, 3.05) is 26.2 Å². The first kappa shape index (κ1) is 12.0. The fourth-order valence-electron chi connectivity index (χ4n) is 2.61. The van der Waals surface area contributed by atoms with Crippen molar-refractivity contribution in [2.24, 2.45) is 5.92 Å². The molecule has 0 aliphatic carbocycles. The van der Waals surface area contributed by atoms with E-state index in [2.05, 4.69) is 31.0 Å². The van der Waals surface area contributed by atoms with Crippen LogP contribution in [-0.4, -0.2) is 37.1 Å². The van der Waals surface area contributed by atoms with Crippen LogP contribution in [0.15, 0.2) is 0 Å². The van der Waals surface area contributed by atoms with Crippen LogP contribution in [0.2, 0.25) is 0 Å². The minimum atomic E-state index is 0.741. The summed E-state index contributed by atoms with van der Waals surface area (Å²) in [7, 11) is 0. The van der Waals surface area contributed by atoms with Gasteiger partial charge in [-0.1, -0.05) is 27.2 Å². The second-order valence-corrected chi connectivity index (χ2v) is 4.50. The highest BCUT2D eigenvalue weighted by atomic mass is 15.2. The standard InChI is InChI=1S/C12H26N2/c1-4-7-11-8-12(13-5-2)10-14(6-3)9-11/h11-13H,4-10H2,1-3H3. The van der Waals surface area contributed by atoms with Gasteiger partial charge in [0.25, 0.3) is 0 Å². The van der Waals surface area contributed by atoms with Gasteiger partial charge in [0.1, 0.15) is 0 Å². The highest BCUT2D eigenvalue weighted by Crippen LogP contribution is 2.20. The van der Waals surface area contributed by atoms with Crippen molar-refractivity contribution in [3.05, 3.63) is 0 Å². The van der Waals surface area contributed by atoms with Gasteiger partial charge in [0.15, 0.2) is 0 Å². The molecular weight excluding hydrogens is 172 g/mol. The van der Waals surface area contributed by atoms with E-state index in [9.17, 15) is 0 Å². The van der Waals surface area contributed by atoms with Crippen LogP contribution >= 0.6 is 0 Å². The molecule has 1 fully saturated rings. The highest BCUT2D eigenvalue weighted by Gasteiger charge is 2.24. The summed E-state index contributed by atoms with van der Waals surface area (Å²) in [6, 6.07) is 0.741. The molecule has 0 saturated carbocycles. The second kappa shape index (κ2) is 6.41. The number of likely N-dealkylation sites (N-methyl/N-ethyl adjacent to an activating group) is 2. The lowest BCUT2D eigenvalue weighted by atomic mass is 9.90. The second-order valence-electron chi connectivity index (χ2n) is 4.50. The third kappa shape index (κ3) is 3.58. The summed E-state index contributed by atoms with van der Waals surface area (Å²) in [5.41, 5.74) is 0. The number of hydrogen-bond acceptors (Lipinski definition) is 2. The first-order chi connectivity index (χ1) is 6.80. The molecule has 0 amide bonds. The molecule has 1 heterocycles. The normalized spacial score (nSPS) is 29.4. The van der Waals surface area contributed by atoms with Gasteiger partial charge in [-0.25, -0.2) is 0 Å². The zero-order valence-corrected chi connectivity index (χ0v) is 10.1. The van der Waals surface area contributed by atoms with Gasteiger partial charge in [-0.05, 0) is 31.8 Å². The van der Waals surface area contributed by atoms with E-state index in [0.29, 0.717) is 0 Å². The maximum absolute atomic E-state index is 3.60. The lowest BCUT2D eigenvalue weighted by Gasteiger charge is -2.37. The summed E-state index contributed by atoms with van der Waals surface area (Å²) < 4.78 is 0. The zero-order valence-electron chi connectivity index (χ0n) is 10.1. The van der Waals surface area contributed by atoms with Gasteiger partial charge >= 0.3 is 0 Å². The quantitative estimate of drug-likeness (QED) is 0.728. The Hall–Kier alpha value is -0.0800. The summed E-state index contributed by atoms with van der Waals surface area (Å²) in [5.74, 6) is 0.928. The summed E-state index contributed by atoms with van der Waals surface area (Å²) in [5, 5.41) is 3.60. The largest absolute Gasteiger partial charge is 0.313 e. The van der Waals surface area contributed by atoms with Crippen LogP contribution in [0.25, 0.3) is 0 Å². The Kier molecular flexibility index (Phi) is 5.49. The summed E-state index contributed by atoms with van der Waals surface area (Å²) in [6.07, 6.45) is 4.12. The number of hydrogen-bond donors (Lipinski definition) is 1. The third-order valence-corrected chi connectivity index (χ3v) is 3.25. The molecule has 14 heavy (non-hydrogen) atoms. The van der Waals surface area contributed by atoms with Crippen LogP contribution in [0, 0.1) is 5.92 Å². The molecule has 1 saturated heterocycles. The Bertz CT molecular complexity index is 133. The Morgan fingerprint density at radius 3 is 2.57 bits per heavy atom. The Morgan fingerprint density at radius 2 is 2.00 bits per heavy atom. The Labute approximate surface area is 89.1 Å². The fraction of sp³-hybridized carbons (Fsp3) is 1.00. The predicted octanol–water partition coefficient (Wildman–Crippen LogP) is 2.11. The molecule has 1 aliphatic heterocycles. The van der Waals surface area contributed by atoms with Crippen molar-refractivity contribution < 1.29 is 0 Å². The monoisotopic (exact) mass is 198 g/mol. The van der Waals surface area contributed by atoms with Gasteiger partial charge in [0.05, 0.1) is 0 Å². The lowest BCUT2D eigenvalue weighted by molar-refractivity contribution is 0.142. The molecule has 2 unspecified atom stereocenters. The SMILES string of the molecule is CCCC1CC(NCC)CN(CC)C1. The molecule has 1 aliphatic rings. The van der Waals surface area contributed by atoms with Crippen LogP contribution in [0.1, 0.15) is 40.0 Å². The van der Waals surface area contributed by atoms with E-state index in [0.717, 1.165) is 18.5 Å². The van der Waals surface area contributed by atoms with Gasteiger partial charge in [0, 0.05) is 19.1 Å². The number of likely N-dealkylation sites (tertiary alicyclic amines) is 1. The maximum atomic E-state index is 3.60. The highest BCUT2D eigenvalue weighted by molar-refractivity contribution is 4.82. The van der Waals surface area contributed by atoms with E-state index < -0.39 is 0 Å². The summed E-state index contributed by atoms with van der Waals surface area (Å²) >= 11 is 0. The van der Waals surface area contributed by atoms with Crippen molar-refractivity contribution in [3.63, 3.8) is 0 Å². The fourth-order valence-corrected chi connectivity index (χ4v) is 2.61. The zero-order chi connectivity index (χ0) is 10.4. The number of nitrogens with zero attached hydrogens (tertiary/aromatic N) is 1. The van der Waals surface area contributed by atoms with E-state index in [1.165, 1.54) is 38.9 Å². The lowest BCUT2D eigenvalue weighted by Crippen LogP contribution is -2.49. The van der Waals surface area contributed by atoms with Crippen LogP contribution in [0.4, 0.5) is 0 Å². The molecule has 0 bridgehead atoms. The first-order valence-corrected chi connectivity index (χ1v) is 6.25. The molecular formula is C12H26N2. The van der Waals surface area contributed by atoms with Gasteiger partial charge in [0.2, 0.25) is 0 Å². The molecule has 0 aromatic heterocycles. The van der Waals surface area contributed by atoms with Gasteiger partial charge < -0.3 is 10.2 Å². The summed E-state index contributed by atoms with van der Waals surface area (Å²) in [4.78, 5) is 2.59. The van der Waals surface area contributed by atoms with E-state index in [-0.39, 0.29) is 0 Å². The molecule has 0 spiro atoms. The minimum Gasteiger partial charge on any atom is -0.313 e. The maximum Gasteiger partial charge on any atom is 0.0198 e. The number of piperidine rings is 1. The number of rotatable bonds is 5. The molecule has 84 valence electrons. The summed E-state index contributed by atoms with van der Waals surface area (Å²) in [6.45, 7) is 11.7. The van der Waals surface area contributed by atoms with E-state index in [1.807, 2.05) is 0 Å². The molecule has 0 radical (unpaired) electrons. The Balaban J connectivity index is 2.39.